The predicted molar refractivity (Wildman–Crippen MR) is 60.7 cm³/mol. The number of nitrogens with two attached hydrogens (primary N) is 1. The molecule has 3 rings (SSSR count). The molecule has 0 saturated carbocycles. The second-order valence-electron chi connectivity index (χ2n) is 3.16. The van der Waals surface area contributed by atoms with E-state index < -0.39 is 0 Å². The molecule has 5 heteroatoms. The standard InChI is InChI=1S/C10H8N4S/c11-7-4-6-15-9(7)10-13-12-8-3-1-2-5-14(8)10/h1-6H,11H2. The van der Waals surface area contributed by atoms with Crippen LogP contribution in [0.5, 0.6) is 0 Å². The average Bonchev–Trinajstić information content (AvgIpc) is 2.83. The highest BCUT2D eigenvalue weighted by Gasteiger charge is 2.11. The van der Waals surface area contributed by atoms with Crippen LogP contribution >= 0.6 is 11.3 Å². The molecular weight excluding hydrogens is 208 g/mol. The fraction of sp³-hybridized carbons (Fsp3) is 0. The van der Waals surface area contributed by atoms with Gasteiger partial charge in [0, 0.05) is 6.20 Å². The minimum absolute atomic E-state index is 0.748. The summed E-state index contributed by atoms with van der Waals surface area (Å²) >= 11 is 1.57. The van der Waals surface area contributed by atoms with Crippen LogP contribution < -0.4 is 5.73 Å². The SMILES string of the molecule is Nc1ccsc1-c1nnc2ccccn12. The van der Waals surface area contributed by atoms with Gasteiger partial charge >= 0.3 is 0 Å². The number of thiophene rings is 1. The third kappa shape index (κ3) is 1.20. The summed E-state index contributed by atoms with van der Waals surface area (Å²) in [5.41, 5.74) is 7.43. The maximum atomic E-state index is 5.85. The van der Waals surface area contributed by atoms with Crippen molar-refractivity contribution >= 4 is 22.7 Å². The third-order valence-electron chi connectivity index (χ3n) is 2.21. The number of nitrogens with zero attached hydrogens (tertiary/aromatic N) is 3. The van der Waals surface area contributed by atoms with Gasteiger partial charge in [-0.1, -0.05) is 6.07 Å². The Kier molecular flexibility index (Phi) is 1.72. The van der Waals surface area contributed by atoms with E-state index in [-0.39, 0.29) is 0 Å². The van der Waals surface area contributed by atoms with Crippen LogP contribution in [0.3, 0.4) is 0 Å². The van der Waals surface area contributed by atoms with Crippen LogP contribution in [0.4, 0.5) is 5.69 Å². The molecule has 0 amide bonds. The first kappa shape index (κ1) is 8.43. The van der Waals surface area contributed by atoms with Crippen LogP contribution in [0, 0.1) is 0 Å². The zero-order valence-corrected chi connectivity index (χ0v) is 8.61. The summed E-state index contributed by atoms with van der Waals surface area (Å²) in [5.74, 6) is 0.804. The van der Waals surface area contributed by atoms with Crippen LogP contribution in [0.2, 0.25) is 0 Å². The Morgan fingerprint density at radius 3 is 2.93 bits per heavy atom. The lowest BCUT2D eigenvalue weighted by Crippen LogP contribution is -1.90. The molecule has 0 bridgehead atoms. The number of anilines is 1. The molecular formula is C10H8N4S. The molecule has 2 N–H and O–H groups in total. The zero-order chi connectivity index (χ0) is 10.3. The number of nitrogen functional groups attached to an aromatic ring is 1. The maximum absolute atomic E-state index is 5.85. The summed E-state index contributed by atoms with van der Waals surface area (Å²) in [7, 11) is 0. The van der Waals surface area contributed by atoms with Crippen molar-refractivity contribution in [3.63, 3.8) is 0 Å². The molecule has 0 aliphatic rings. The van der Waals surface area contributed by atoms with Crippen LogP contribution in [0.15, 0.2) is 35.8 Å². The molecule has 0 aliphatic heterocycles. The molecule has 0 aromatic carbocycles. The Morgan fingerprint density at radius 1 is 1.20 bits per heavy atom. The second-order valence-corrected chi connectivity index (χ2v) is 4.07. The summed E-state index contributed by atoms with van der Waals surface area (Å²) in [6.07, 6.45) is 1.93. The molecule has 0 aliphatic carbocycles. The molecule has 0 radical (unpaired) electrons. The van der Waals surface area contributed by atoms with E-state index in [9.17, 15) is 0 Å². The van der Waals surface area contributed by atoms with Crippen molar-refractivity contribution in [2.75, 3.05) is 5.73 Å². The smallest absolute Gasteiger partial charge is 0.180 e. The Labute approximate surface area is 90.0 Å². The van der Waals surface area contributed by atoms with Gasteiger partial charge in [0.1, 0.15) is 0 Å². The summed E-state index contributed by atoms with van der Waals surface area (Å²) in [5, 5.41) is 10.2. The molecule has 15 heavy (non-hydrogen) atoms. The molecule has 3 aromatic rings. The van der Waals surface area contributed by atoms with E-state index >= 15 is 0 Å². The first-order valence-electron chi connectivity index (χ1n) is 4.49. The summed E-state index contributed by atoms with van der Waals surface area (Å²) < 4.78 is 1.93. The highest BCUT2D eigenvalue weighted by Crippen LogP contribution is 2.29. The van der Waals surface area contributed by atoms with E-state index in [1.165, 1.54) is 0 Å². The fourth-order valence-corrected chi connectivity index (χ4v) is 2.30. The van der Waals surface area contributed by atoms with Gasteiger partial charge < -0.3 is 5.73 Å². The van der Waals surface area contributed by atoms with Crippen molar-refractivity contribution in [2.24, 2.45) is 0 Å². The summed E-state index contributed by atoms with van der Waals surface area (Å²) in [4.78, 5) is 0.966. The van der Waals surface area contributed by atoms with Crippen LogP contribution in [-0.4, -0.2) is 14.6 Å². The maximum Gasteiger partial charge on any atom is 0.180 e. The van der Waals surface area contributed by atoms with Crippen LogP contribution in [-0.2, 0) is 0 Å². The van der Waals surface area contributed by atoms with Gasteiger partial charge in [-0.2, -0.15) is 0 Å². The molecule has 3 heterocycles. The van der Waals surface area contributed by atoms with Gasteiger partial charge in [-0.25, -0.2) is 0 Å². The fourth-order valence-electron chi connectivity index (χ4n) is 1.50. The number of rotatable bonds is 1. The number of fused-ring (bicyclic) bond motifs is 1. The van der Waals surface area contributed by atoms with Crippen molar-refractivity contribution < 1.29 is 0 Å². The topological polar surface area (TPSA) is 56.2 Å². The molecule has 0 fully saturated rings. The van der Waals surface area contributed by atoms with E-state index in [4.69, 9.17) is 5.73 Å². The van der Waals surface area contributed by atoms with Crippen molar-refractivity contribution in [2.45, 2.75) is 0 Å². The first-order chi connectivity index (χ1) is 7.36. The van der Waals surface area contributed by atoms with Gasteiger partial charge in [0.2, 0.25) is 0 Å². The Hall–Kier alpha value is -1.88. The van der Waals surface area contributed by atoms with Crippen molar-refractivity contribution in [1.29, 1.82) is 0 Å². The van der Waals surface area contributed by atoms with Crippen LogP contribution in [0.1, 0.15) is 0 Å². The van der Waals surface area contributed by atoms with E-state index in [0.717, 1.165) is 22.0 Å². The van der Waals surface area contributed by atoms with Gasteiger partial charge in [0.15, 0.2) is 11.5 Å². The van der Waals surface area contributed by atoms with Crippen LogP contribution in [0.25, 0.3) is 16.3 Å². The molecule has 3 aromatic heterocycles. The minimum Gasteiger partial charge on any atom is -0.397 e. The Bertz CT molecular complexity index is 610. The highest BCUT2D eigenvalue weighted by atomic mass is 32.1. The lowest BCUT2D eigenvalue weighted by atomic mass is 10.4. The van der Waals surface area contributed by atoms with Gasteiger partial charge in [-0.3, -0.25) is 4.40 Å². The van der Waals surface area contributed by atoms with Gasteiger partial charge in [0.05, 0.1) is 10.6 Å². The lowest BCUT2D eigenvalue weighted by molar-refractivity contribution is 1.12. The normalized spacial score (nSPS) is 10.9. The quantitative estimate of drug-likeness (QED) is 0.677. The van der Waals surface area contributed by atoms with E-state index in [1.54, 1.807) is 11.3 Å². The Balaban J connectivity index is 2.32. The van der Waals surface area contributed by atoms with E-state index in [0.29, 0.717) is 0 Å². The molecule has 0 atom stereocenters. The number of hydrogen-bond acceptors (Lipinski definition) is 4. The number of pyridine rings is 1. The lowest BCUT2D eigenvalue weighted by Gasteiger charge is -1.97. The molecule has 4 nitrogen and oxygen atoms in total. The van der Waals surface area contributed by atoms with Gasteiger partial charge in [-0.05, 0) is 23.6 Å². The Morgan fingerprint density at radius 2 is 2.13 bits per heavy atom. The van der Waals surface area contributed by atoms with E-state index in [1.807, 2.05) is 40.2 Å². The summed E-state index contributed by atoms with van der Waals surface area (Å²) in [6, 6.07) is 7.68. The molecule has 0 unspecified atom stereocenters. The van der Waals surface area contributed by atoms with Crippen molar-refractivity contribution in [3.05, 3.63) is 35.8 Å². The largest absolute Gasteiger partial charge is 0.397 e. The van der Waals surface area contributed by atoms with Crippen molar-refractivity contribution in [3.8, 4) is 10.7 Å². The average molecular weight is 216 g/mol. The molecule has 74 valence electrons. The molecule has 0 spiro atoms. The zero-order valence-electron chi connectivity index (χ0n) is 7.79. The molecule has 0 saturated heterocycles. The third-order valence-corrected chi connectivity index (χ3v) is 3.14. The number of hydrogen-bond donors (Lipinski definition) is 1. The first-order valence-corrected chi connectivity index (χ1v) is 5.37. The highest BCUT2D eigenvalue weighted by molar-refractivity contribution is 7.14. The second kappa shape index (κ2) is 3.06. The van der Waals surface area contributed by atoms with E-state index in [2.05, 4.69) is 10.2 Å². The monoisotopic (exact) mass is 216 g/mol. The minimum atomic E-state index is 0.748. The van der Waals surface area contributed by atoms with Gasteiger partial charge in [-0.15, -0.1) is 21.5 Å². The predicted octanol–water partition coefficient (Wildman–Crippen LogP) is 2.04. The van der Waals surface area contributed by atoms with Crippen molar-refractivity contribution in [1.82, 2.24) is 14.6 Å². The van der Waals surface area contributed by atoms with Gasteiger partial charge in [0.25, 0.3) is 0 Å². The number of aromatic nitrogens is 3. The summed E-state index contributed by atoms with van der Waals surface area (Å²) in [6.45, 7) is 0.